The molecular weight excluding hydrogens is 368 g/mol. The van der Waals surface area contributed by atoms with Gasteiger partial charge in [-0.25, -0.2) is 9.78 Å². The molecule has 2 aromatic rings. The fourth-order valence-electron chi connectivity index (χ4n) is 3.84. The number of imidazole rings is 1. The van der Waals surface area contributed by atoms with Crippen molar-refractivity contribution in [3.05, 3.63) is 30.1 Å². The van der Waals surface area contributed by atoms with E-state index in [0.717, 1.165) is 29.7 Å². The topological polar surface area (TPSA) is 96.1 Å². The van der Waals surface area contributed by atoms with Gasteiger partial charge in [-0.05, 0) is 51.7 Å². The molecule has 0 spiro atoms. The molecule has 1 aliphatic carbocycles. The Labute approximate surface area is 172 Å². The van der Waals surface area contributed by atoms with Crippen LogP contribution in [0.15, 0.2) is 24.3 Å². The van der Waals surface area contributed by atoms with E-state index in [2.05, 4.69) is 20.6 Å². The lowest BCUT2D eigenvalue weighted by atomic mass is 9.97. The number of carbonyl (C=O) groups is 2. The molecule has 1 fully saturated rings. The standard InChI is InChI=1S/C22H32N4O3/c1-22(2,3)29-21(28)23-14-18(15-8-4-5-9-15)26-20(27)13-12-19-24-16-10-6-7-11-17(16)25-19/h6-7,10-11,15,18H,4-5,8-9,12-14H2,1-3H3,(H,23,28)(H,24,25)(H,26,27)/t18-/m1/s1. The van der Waals surface area contributed by atoms with Gasteiger partial charge in [-0.2, -0.15) is 0 Å². The van der Waals surface area contributed by atoms with Crippen LogP contribution in [0.25, 0.3) is 11.0 Å². The number of aromatic nitrogens is 2. The predicted molar refractivity (Wildman–Crippen MR) is 113 cm³/mol. The van der Waals surface area contributed by atoms with Crippen molar-refractivity contribution in [1.29, 1.82) is 0 Å². The van der Waals surface area contributed by atoms with Crippen LogP contribution in [0.2, 0.25) is 0 Å². The quantitative estimate of drug-likeness (QED) is 0.660. The second-order valence-corrected chi connectivity index (χ2v) is 8.80. The van der Waals surface area contributed by atoms with E-state index in [-0.39, 0.29) is 11.9 Å². The number of H-pyrrole nitrogens is 1. The number of hydrogen-bond donors (Lipinski definition) is 3. The van der Waals surface area contributed by atoms with E-state index in [4.69, 9.17) is 4.74 Å². The molecule has 7 nitrogen and oxygen atoms in total. The number of amides is 2. The Morgan fingerprint density at radius 2 is 1.97 bits per heavy atom. The Morgan fingerprint density at radius 1 is 1.24 bits per heavy atom. The highest BCUT2D eigenvalue weighted by Crippen LogP contribution is 2.27. The lowest BCUT2D eigenvalue weighted by molar-refractivity contribution is -0.122. The first-order valence-electron chi connectivity index (χ1n) is 10.5. The van der Waals surface area contributed by atoms with Gasteiger partial charge in [0, 0.05) is 25.4 Å². The van der Waals surface area contributed by atoms with Crippen LogP contribution < -0.4 is 10.6 Å². The smallest absolute Gasteiger partial charge is 0.407 e. The van der Waals surface area contributed by atoms with Crippen LogP contribution in [0.4, 0.5) is 4.79 Å². The monoisotopic (exact) mass is 400 g/mol. The van der Waals surface area contributed by atoms with E-state index in [1.165, 1.54) is 12.8 Å². The van der Waals surface area contributed by atoms with Crippen molar-refractivity contribution in [3.63, 3.8) is 0 Å². The highest BCUT2D eigenvalue weighted by Gasteiger charge is 2.27. The summed E-state index contributed by atoms with van der Waals surface area (Å²) in [5, 5.41) is 5.95. The first kappa shape index (κ1) is 21.1. The molecule has 0 aliphatic heterocycles. The minimum Gasteiger partial charge on any atom is -0.444 e. The molecule has 7 heteroatoms. The van der Waals surface area contributed by atoms with Gasteiger partial charge in [0.05, 0.1) is 11.0 Å². The van der Waals surface area contributed by atoms with Crippen LogP contribution >= 0.6 is 0 Å². The summed E-state index contributed by atoms with van der Waals surface area (Å²) in [5.41, 5.74) is 1.35. The first-order valence-corrected chi connectivity index (χ1v) is 10.5. The second-order valence-electron chi connectivity index (χ2n) is 8.80. The SMILES string of the molecule is CC(C)(C)OC(=O)NC[C@@H](NC(=O)CCc1nc2ccccc2[nH]1)C1CCCC1. The normalized spacial score (nSPS) is 16.0. The molecule has 0 bridgehead atoms. The summed E-state index contributed by atoms with van der Waals surface area (Å²) >= 11 is 0. The summed E-state index contributed by atoms with van der Waals surface area (Å²) in [4.78, 5) is 32.4. The fraction of sp³-hybridized carbons (Fsp3) is 0.591. The van der Waals surface area contributed by atoms with Crippen molar-refractivity contribution in [2.75, 3.05) is 6.54 Å². The zero-order valence-corrected chi connectivity index (χ0v) is 17.6. The van der Waals surface area contributed by atoms with Crippen molar-refractivity contribution in [1.82, 2.24) is 20.6 Å². The number of aromatic amines is 1. The number of benzene rings is 1. The van der Waals surface area contributed by atoms with Gasteiger partial charge in [-0.15, -0.1) is 0 Å². The van der Waals surface area contributed by atoms with Crippen molar-refractivity contribution < 1.29 is 14.3 Å². The lowest BCUT2D eigenvalue weighted by Crippen LogP contribution is -2.48. The molecule has 3 rings (SSSR count). The average Bonchev–Trinajstić information content (AvgIpc) is 3.31. The maximum atomic E-state index is 12.6. The van der Waals surface area contributed by atoms with Crippen LogP contribution in [0.3, 0.4) is 0 Å². The summed E-state index contributed by atoms with van der Waals surface area (Å²) in [7, 11) is 0. The van der Waals surface area contributed by atoms with Crippen LogP contribution in [0.1, 0.15) is 58.7 Å². The number of nitrogens with one attached hydrogen (secondary N) is 3. The van der Waals surface area contributed by atoms with Crippen LogP contribution in [-0.2, 0) is 16.0 Å². The van der Waals surface area contributed by atoms with Gasteiger partial charge in [-0.3, -0.25) is 4.79 Å². The van der Waals surface area contributed by atoms with Crippen molar-refractivity contribution in [2.24, 2.45) is 5.92 Å². The van der Waals surface area contributed by atoms with Crippen molar-refractivity contribution in [3.8, 4) is 0 Å². The number of aryl methyl sites for hydroxylation is 1. The van der Waals surface area contributed by atoms with Crippen LogP contribution in [0.5, 0.6) is 0 Å². The predicted octanol–water partition coefficient (Wildman–Crippen LogP) is 3.70. The molecule has 0 saturated heterocycles. The molecular formula is C22H32N4O3. The van der Waals surface area contributed by atoms with Gasteiger partial charge in [0.1, 0.15) is 11.4 Å². The van der Waals surface area contributed by atoms with Crippen molar-refractivity contribution in [2.45, 2.75) is 70.9 Å². The molecule has 1 heterocycles. The molecule has 1 saturated carbocycles. The Bertz CT molecular complexity index is 801. The minimum absolute atomic E-state index is 0.0201. The first-order chi connectivity index (χ1) is 13.8. The van der Waals surface area contributed by atoms with E-state index < -0.39 is 11.7 Å². The van der Waals surface area contributed by atoms with E-state index in [9.17, 15) is 9.59 Å². The van der Waals surface area contributed by atoms with Gasteiger partial charge in [0.15, 0.2) is 0 Å². The molecule has 1 atom stereocenters. The summed E-state index contributed by atoms with van der Waals surface area (Å²) in [5.74, 6) is 1.18. The number of alkyl carbamates (subject to hydrolysis) is 1. The largest absolute Gasteiger partial charge is 0.444 e. The highest BCUT2D eigenvalue weighted by molar-refractivity contribution is 5.77. The van der Waals surface area contributed by atoms with Gasteiger partial charge >= 0.3 is 6.09 Å². The molecule has 0 radical (unpaired) electrons. The van der Waals surface area contributed by atoms with Gasteiger partial charge in [-0.1, -0.05) is 25.0 Å². The number of fused-ring (bicyclic) bond motifs is 1. The van der Waals surface area contributed by atoms with Crippen LogP contribution in [0, 0.1) is 5.92 Å². The summed E-state index contributed by atoms with van der Waals surface area (Å²) in [6, 6.07) is 7.76. The Balaban J connectivity index is 1.52. The fourth-order valence-corrected chi connectivity index (χ4v) is 3.84. The van der Waals surface area contributed by atoms with Crippen LogP contribution in [-0.4, -0.2) is 40.2 Å². The lowest BCUT2D eigenvalue weighted by Gasteiger charge is -2.26. The third-order valence-electron chi connectivity index (χ3n) is 5.21. The number of ether oxygens (including phenoxy) is 1. The minimum atomic E-state index is -0.539. The summed E-state index contributed by atoms with van der Waals surface area (Å²) in [6.45, 7) is 5.89. The highest BCUT2D eigenvalue weighted by atomic mass is 16.6. The number of para-hydroxylation sites is 2. The number of rotatable bonds is 7. The van der Waals surface area contributed by atoms with E-state index in [1.807, 2.05) is 45.0 Å². The van der Waals surface area contributed by atoms with E-state index >= 15 is 0 Å². The van der Waals surface area contributed by atoms with Gasteiger partial charge in [0.25, 0.3) is 0 Å². The third-order valence-corrected chi connectivity index (χ3v) is 5.21. The summed E-state index contributed by atoms with van der Waals surface area (Å²) in [6.07, 6.45) is 4.95. The molecule has 2 amide bonds. The molecule has 1 aromatic carbocycles. The Hall–Kier alpha value is -2.57. The third kappa shape index (κ3) is 6.48. The second kappa shape index (κ2) is 9.29. The molecule has 29 heavy (non-hydrogen) atoms. The van der Waals surface area contributed by atoms with Gasteiger partial charge in [0.2, 0.25) is 5.91 Å². The van der Waals surface area contributed by atoms with E-state index in [1.54, 1.807) is 0 Å². The maximum Gasteiger partial charge on any atom is 0.407 e. The molecule has 0 unspecified atom stereocenters. The molecule has 1 aromatic heterocycles. The Morgan fingerprint density at radius 3 is 2.66 bits per heavy atom. The Kier molecular flexibility index (Phi) is 6.77. The van der Waals surface area contributed by atoms with Gasteiger partial charge < -0.3 is 20.4 Å². The van der Waals surface area contributed by atoms with E-state index in [0.29, 0.717) is 25.3 Å². The van der Waals surface area contributed by atoms with Crippen molar-refractivity contribution >= 4 is 23.0 Å². The number of nitrogens with zero attached hydrogens (tertiary/aromatic N) is 1. The molecule has 1 aliphatic rings. The summed E-state index contributed by atoms with van der Waals surface area (Å²) < 4.78 is 5.31. The zero-order valence-electron chi connectivity index (χ0n) is 17.6. The zero-order chi connectivity index (χ0) is 20.9. The molecule has 158 valence electrons. The molecule has 3 N–H and O–H groups in total. The number of carbonyl (C=O) groups excluding carboxylic acids is 2. The average molecular weight is 401 g/mol. The maximum absolute atomic E-state index is 12.6. The number of hydrogen-bond acceptors (Lipinski definition) is 4.